The highest BCUT2D eigenvalue weighted by atomic mass is 16.6. The van der Waals surface area contributed by atoms with Gasteiger partial charge in [0.2, 0.25) is 5.91 Å². The van der Waals surface area contributed by atoms with Crippen LogP contribution < -0.4 is 19.5 Å². The summed E-state index contributed by atoms with van der Waals surface area (Å²) in [4.78, 5) is 15.6. The molecule has 1 N–H and O–H groups in total. The van der Waals surface area contributed by atoms with Crippen LogP contribution in [0, 0.1) is 0 Å². The van der Waals surface area contributed by atoms with Gasteiger partial charge in [0.1, 0.15) is 19.0 Å². The SMILES string of the molecule is COc1ccccc1CN(CC(=O)NC1(c2ccc3c(c2)OCCO3)CCCC1)C1CC1. The molecule has 0 saturated heterocycles. The van der Waals surface area contributed by atoms with Gasteiger partial charge in [0, 0.05) is 18.2 Å². The zero-order valence-electron chi connectivity index (χ0n) is 18.8. The molecule has 2 saturated carbocycles. The molecule has 6 nitrogen and oxygen atoms in total. The number of hydrogen-bond donors (Lipinski definition) is 1. The first-order chi connectivity index (χ1) is 15.7. The molecular weight excluding hydrogens is 404 g/mol. The highest BCUT2D eigenvalue weighted by molar-refractivity contribution is 5.79. The summed E-state index contributed by atoms with van der Waals surface area (Å²) < 4.78 is 17.0. The summed E-state index contributed by atoms with van der Waals surface area (Å²) in [5.41, 5.74) is 1.92. The second-order valence-electron chi connectivity index (χ2n) is 9.14. The summed E-state index contributed by atoms with van der Waals surface area (Å²) in [6, 6.07) is 14.7. The second kappa shape index (κ2) is 9.02. The largest absolute Gasteiger partial charge is 0.496 e. The van der Waals surface area contributed by atoms with Crippen LogP contribution in [0.15, 0.2) is 42.5 Å². The standard InChI is InChI=1S/C26H32N2O4/c1-30-22-7-3-2-6-19(22)17-28(21-9-10-21)18-25(29)27-26(12-4-5-13-26)20-8-11-23-24(16-20)32-15-14-31-23/h2-3,6-8,11,16,21H,4-5,9-10,12-15,17-18H2,1H3,(H,27,29). The first-order valence-corrected chi connectivity index (χ1v) is 11.7. The van der Waals surface area contributed by atoms with Crippen LogP contribution in [0.3, 0.4) is 0 Å². The molecule has 0 radical (unpaired) electrons. The van der Waals surface area contributed by atoms with E-state index in [-0.39, 0.29) is 11.4 Å². The number of nitrogens with one attached hydrogen (secondary N) is 1. The van der Waals surface area contributed by atoms with Gasteiger partial charge in [-0.2, -0.15) is 0 Å². The Morgan fingerprint density at radius 2 is 1.84 bits per heavy atom. The molecule has 0 aromatic heterocycles. The van der Waals surface area contributed by atoms with Crippen molar-refractivity contribution in [3.8, 4) is 17.2 Å². The number of carbonyl (C=O) groups is 1. The Kier molecular flexibility index (Phi) is 5.96. The Balaban J connectivity index is 1.31. The van der Waals surface area contributed by atoms with Gasteiger partial charge in [-0.1, -0.05) is 37.1 Å². The molecule has 32 heavy (non-hydrogen) atoms. The maximum absolute atomic E-state index is 13.3. The number of para-hydroxylation sites is 1. The number of carbonyl (C=O) groups excluding carboxylic acids is 1. The molecule has 2 aromatic carbocycles. The van der Waals surface area contributed by atoms with Crippen molar-refractivity contribution in [2.75, 3.05) is 26.9 Å². The van der Waals surface area contributed by atoms with Crippen molar-refractivity contribution in [3.05, 3.63) is 53.6 Å². The number of hydrogen-bond acceptors (Lipinski definition) is 5. The van der Waals surface area contributed by atoms with Crippen LogP contribution in [0.5, 0.6) is 17.2 Å². The van der Waals surface area contributed by atoms with Gasteiger partial charge < -0.3 is 19.5 Å². The number of amides is 1. The third-order valence-corrected chi connectivity index (χ3v) is 6.91. The van der Waals surface area contributed by atoms with Gasteiger partial charge in [0.05, 0.1) is 19.2 Å². The van der Waals surface area contributed by atoms with Crippen LogP contribution in [0.25, 0.3) is 0 Å². The van der Waals surface area contributed by atoms with E-state index in [2.05, 4.69) is 28.4 Å². The zero-order valence-corrected chi connectivity index (χ0v) is 18.8. The average Bonchev–Trinajstić information content (AvgIpc) is 3.57. The molecule has 0 bridgehead atoms. The van der Waals surface area contributed by atoms with E-state index in [4.69, 9.17) is 14.2 Å². The first kappa shape index (κ1) is 21.1. The van der Waals surface area contributed by atoms with E-state index >= 15 is 0 Å². The number of methoxy groups -OCH3 is 1. The van der Waals surface area contributed by atoms with E-state index in [0.29, 0.717) is 25.8 Å². The maximum atomic E-state index is 13.3. The fraction of sp³-hybridized carbons (Fsp3) is 0.500. The van der Waals surface area contributed by atoms with Gasteiger partial charge in [0.25, 0.3) is 0 Å². The predicted molar refractivity (Wildman–Crippen MR) is 122 cm³/mol. The van der Waals surface area contributed by atoms with Crippen molar-refractivity contribution in [1.82, 2.24) is 10.2 Å². The van der Waals surface area contributed by atoms with E-state index in [1.807, 2.05) is 24.3 Å². The third-order valence-electron chi connectivity index (χ3n) is 6.91. The van der Waals surface area contributed by atoms with E-state index in [1.54, 1.807) is 7.11 Å². The number of rotatable bonds is 8. The number of nitrogens with zero attached hydrogens (tertiary/aromatic N) is 1. The minimum atomic E-state index is -0.327. The Hall–Kier alpha value is -2.73. The Bertz CT molecular complexity index is 966. The van der Waals surface area contributed by atoms with E-state index in [1.165, 1.54) is 0 Å². The summed E-state index contributed by atoms with van der Waals surface area (Å²) in [6.07, 6.45) is 6.43. The highest BCUT2D eigenvalue weighted by Gasteiger charge is 2.39. The van der Waals surface area contributed by atoms with Crippen molar-refractivity contribution in [2.24, 2.45) is 0 Å². The lowest BCUT2D eigenvalue weighted by atomic mass is 9.87. The Morgan fingerprint density at radius 1 is 1.09 bits per heavy atom. The molecule has 5 rings (SSSR count). The van der Waals surface area contributed by atoms with Crippen molar-refractivity contribution >= 4 is 5.91 Å². The number of fused-ring (bicyclic) bond motifs is 1. The maximum Gasteiger partial charge on any atom is 0.234 e. The molecule has 1 amide bonds. The lowest BCUT2D eigenvalue weighted by molar-refractivity contribution is -0.124. The van der Waals surface area contributed by atoms with Gasteiger partial charge in [-0.25, -0.2) is 0 Å². The molecule has 1 aliphatic heterocycles. The van der Waals surface area contributed by atoms with Crippen molar-refractivity contribution in [1.29, 1.82) is 0 Å². The van der Waals surface area contributed by atoms with Crippen LogP contribution >= 0.6 is 0 Å². The Labute approximate surface area is 189 Å². The fourth-order valence-electron chi connectivity index (χ4n) is 5.10. The molecule has 2 aliphatic carbocycles. The van der Waals surface area contributed by atoms with Gasteiger partial charge in [-0.15, -0.1) is 0 Å². The topological polar surface area (TPSA) is 60.0 Å². The minimum Gasteiger partial charge on any atom is -0.496 e. The molecule has 3 aliphatic rings. The Morgan fingerprint density at radius 3 is 2.59 bits per heavy atom. The van der Waals surface area contributed by atoms with Crippen LogP contribution in [-0.2, 0) is 16.9 Å². The summed E-state index contributed by atoms with van der Waals surface area (Å²) in [5, 5.41) is 3.43. The third kappa shape index (κ3) is 4.42. The molecule has 1 heterocycles. The van der Waals surface area contributed by atoms with Crippen molar-refractivity contribution in [2.45, 2.75) is 56.7 Å². The van der Waals surface area contributed by atoms with Crippen LogP contribution in [-0.4, -0.2) is 43.7 Å². The predicted octanol–water partition coefficient (Wildman–Crippen LogP) is 4.02. The summed E-state index contributed by atoms with van der Waals surface area (Å²) in [7, 11) is 1.70. The van der Waals surface area contributed by atoms with Crippen LogP contribution in [0.2, 0.25) is 0 Å². The molecular formula is C26H32N2O4. The summed E-state index contributed by atoms with van der Waals surface area (Å²) in [5.74, 6) is 2.53. The van der Waals surface area contributed by atoms with E-state index in [0.717, 1.165) is 73.4 Å². The lowest BCUT2D eigenvalue weighted by Gasteiger charge is -2.33. The molecule has 6 heteroatoms. The summed E-state index contributed by atoms with van der Waals surface area (Å²) >= 11 is 0. The summed E-state index contributed by atoms with van der Waals surface area (Å²) in [6.45, 7) is 2.26. The van der Waals surface area contributed by atoms with Gasteiger partial charge in [-0.3, -0.25) is 9.69 Å². The van der Waals surface area contributed by atoms with E-state index < -0.39 is 0 Å². The molecule has 0 spiro atoms. The first-order valence-electron chi connectivity index (χ1n) is 11.7. The zero-order chi connectivity index (χ0) is 22.0. The average molecular weight is 437 g/mol. The minimum absolute atomic E-state index is 0.0867. The second-order valence-corrected chi connectivity index (χ2v) is 9.14. The normalized spacial score (nSPS) is 19.1. The molecule has 0 atom stereocenters. The quantitative estimate of drug-likeness (QED) is 0.677. The van der Waals surface area contributed by atoms with Crippen LogP contribution in [0.4, 0.5) is 0 Å². The monoisotopic (exact) mass is 436 g/mol. The fourth-order valence-corrected chi connectivity index (χ4v) is 5.10. The molecule has 2 fully saturated rings. The smallest absolute Gasteiger partial charge is 0.234 e. The lowest BCUT2D eigenvalue weighted by Crippen LogP contribution is -2.48. The van der Waals surface area contributed by atoms with Crippen LogP contribution in [0.1, 0.15) is 49.7 Å². The van der Waals surface area contributed by atoms with Crippen molar-refractivity contribution < 1.29 is 19.0 Å². The molecule has 170 valence electrons. The highest BCUT2D eigenvalue weighted by Crippen LogP contribution is 2.42. The van der Waals surface area contributed by atoms with Gasteiger partial charge in [-0.05, 0) is 49.4 Å². The number of ether oxygens (including phenoxy) is 3. The number of benzene rings is 2. The van der Waals surface area contributed by atoms with Crippen molar-refractivity contribution in [3.63, 3.8) is 0 Å². The van der Waals surface area contributed by atoms with Gasteiger partial charge >= 0.3 is 0 Å². The molecule has 0 unspecified atom stereocenters. The van der Waals surface area contributed by atoms with E-state index in [9.17, 15) is 4.79 Å². The molecule has 2 aromatic rings. The van der Waals surface area contributed by atoms with Gasteiger partial charge in [0.15, 0.2) is 11.5 Å².